The van der Waals surface area contributed by atoms with E-state index in [2.05, 4.69) is 36.0 Å². The Hall–Kier alpha value is -0.800. The first-order chi connectivity index (χ1) is 7.60. The van der Waals surface area contributed by atoms with E-state index in [-0.39, 0.29) is 0 Å². The summed E-state index contributed by atoms with van der Waals surface area (Å²) in [6.45, 7) is 8.10. The second-order valence-corrected chi connectivity index (χ2v) is 4.47. The van der Waals surface area contributed by atoms with Crippen LogP contribution in [0, 0.1) is 0 Å². The third kappa shape index (κ3) is 3.09. The molecule has 0 saturated carbocycles. The highest BCUT2D eigenvalue weighted by molar-refractivity contribution is 6.33. The number of hydrogen-bond acceptors (Lipinski definition) is 3. The first kappa shape index (κ1) is 13.3. The molecule has 0 bridgehead atoms. The zero-order valence-corrected chi connectivity index (χ0v) is 11.2. The molecule has 16 heavy (non-hydrogen) atoms. The molecule has 0 aliphatic heterocycles. The summed E-state index contributed by atoms with van der Waals surface area (Å²) in [7, 11) is 1.91. The molecule has 1 N–H and O–H groups in total. The first-order valence-corrected chi connectivity index (χ1v) is 6.03. The zero-order valence-electron chi connectivity index (χ0n) is 10.4. The van der Waals surface area contributed by atoms with Gasteiger partial charge >= 0.3 is 0 Å². The third-order valence-electron chi connectivity index (χ3n) is 2.50. The van der Waals surface area contributed by atoms with Gasteiger partial charge in [-0.05, 0) is 39.4 Å². The molecule has 0 fully saturated rings. The van der Waals surface area contributed by atoms with Gasteiger partial charge in [0.1, 0.15) is 5.82 Å². The molecule has 0 aliphatic carbocycles. The molecule has 0 radical (unpaired) electrons. The summed E-state index contributed by atoms with van der Waals surface area (Å²) in [6, 6.07) is 2.39. The van der Waals surface area contributed by atoms with Crippen LogP contribution in [0.1, 0.15) is 26.3 Å². The lowest BCUT2D eigenvalue weighted by Crippen LogP contribution is -2.31. The average Bonchev–Trinajstić information content (AvgIpc) is 2.22. The molecule has 1 rings (SSSR count). The topological polar surface area (TPSA) is 28.2 Å². The molecule has 0 unspecified atom stereocenters. The van der Waals surface area contributed by atoms with Crippen molar-refractivity contribution in [1.82, 2.24) is 10.3 Å². The lowest BCUT2D eigenvalue weighted by atomic mass is 10.2. The molecule has 0 aliphatic rings. The normalized spacial score (nSPS) is 10.9. The summed E-state index contributed by atoms with van der Waals surface area (Å²) in [4.78, 5) is 6.63. The molecule has 4 heteroatoms. The van der Waals surface area contributed by atoms with Gasteiger partial charge in [-0.2, -0.15) is 0 Å². The van der Waals surface area contributed by atoms with Crippen molar-refractivity contribution in [2.75, 3.05) is 18.5 Å². The molecule has 1 heterocycles. The van der Waals surface area contributed by atoms with Crippen molar-refractivity contribution in [2.24, 2.45) is 0 Å². The predicted octanol–water partition coefficient (Wildman–Crippen LogP) is 2.69. The third-order valence-corrected chi connectivity index (χ3v) is 2.77. The summed E-state index contributed by atoms with van der Waals surface area (Å²) in [5.74, 6) is 0.874. The van der Waals surface area contributed by atoms with E-state index in [0.717, 1.165) is 29.5 Å². The summed E-state index contributed by atoms with van der Waals surface area (Å²) in [6.07, 6.45) is 1.88. The zero-order chi connectivity index (χ0) is 12.1. The summed E-state index contributed by atoms with van der Waals surface area (Å²) < 4.78 is 0. The van der Waals surface area contributed by atoms with Gasteiger partial charge in [-0.25, -0.2) is 4.98 Å². The minimum absolute atomic E-state index is 0.408. The molecule has 0 spiro atoms. The predicted molar refractivity (Wildman–Crippen MR) is 70.2 cm³/mol. The van der Waals surface area contributed by atoms with Crippen LogP contribution < -0.4 is 10.2 Å². The number of nitrogens with zero attached hydrogens (tertiary/aromatic N) is 2. The first-order valence-electron chi connectivity index (χ1n) is 5.65. The second-order valence-electron chi connectivity index (χ2n) is 4.06. The van der Waals surface area contributed by atoms with E-state index < -0.39 is 0 Å². The quantitative estimate of drug-likeness (QED) is 0.859. The fourth-order valence-electron chi connectivity index (χ4n) is 1.74. The Morgan fingerprint density at radius 2 is 2.19 bits per heavy atom. The number of nitrogens with one attached hydrogen (secondary N) is 1. The fraction of sp³-hybridized carbons (Fsp3) is 0.583. The van der Waals surface area contributed by atoms with E-state index in [9.17, 15) is 0 Å². The highest BCUT2D eigenvalue weighted by atomic mass is 35.5. The van der Waals surface area contributed by atoms with Gasteiger partial charge in [0.15, 0.2) is 0 Å². The van der Waals surface area contributed by atoms with Crippen molar-refractivity contribution in [3.05, 3.63) is 22.8 Å². The molecule has 3 nitrogen and oxygen atoms in total. The monoisotopic (exact) mass is 241 g/mol. The average molecular weight is 242 g/mol. The molecular weight excluding hydrogens is 222 g/mol. The number of aromatic nitrogens is 1. The van der Waals surface area contributed by atoms with E-state index >= 15 is 0 Å². The minimum Gasteiger partial charge on any atom is -0.353 e. The van der Waals surface area contributed by atoms with Crippen LogP contribution in [0.25, 0.3) is 0 Å². The SMILES string of the molecule is CCN(c1ncc(CNC)cc1Cl)C(C)C. The maximum Gasteiger partial charge on any atom is 0.147 e. The fourth-order valence-corrected chi connectivity index (χ4v) is 2.04. The maximum atomic E-state index is 6.25. The van der Waals surface area contributed by atoms with Gasteiger partial charge in [0.2, 0.25) is 0 Å². The van der Waals surface area contributed by atoms with Crippen LogP contribution in [0.15, 0.2) is 12.3 Å². The van der Waals surface area contributed by atoms with E-state index in [1.807, 2.05) is 19.3 Å². The van der Waals surface area contributed by atoms with Crippen molar-refractivity contribution in [3.63, 3.8) is 0 Å². The summed E-state index contributed by atoms with van der Waals surface area (Å²) in [5.41, 5.74) is 1.11. The van der Waals surface area contributed by atoms with Crippen LogP contribution in [0.4, 0.5) is 5.82 Å². The van der Waals surface area contributed by atoms with Gasteiger partial charge < -0.3 is 10.2 Å². The smallest absolute Gasteiger partial charge is 0.147 e. The minimum atomic E-state index is 0.408. The number of rotatable bonds is 5. The van der Waals surface area contributed by atoms with Gasteiger partial charge in [-0.3, -0.25) is 0 Å². The van der Waals surface area contributed by atoms with E-state index in [1.165, 1.54) is 0 Å². The highest BCUT2D eigenvalue weighted by Crippen LogP contribution is 2.25. The largest absolute Gasteiger partial charge is 0.353 e. The number of hydrogen-bond donors (Lipinski definition) is 1. The van der Waals surface area contributed by atoms with Gasteiger partial charge in [0, 0.05) is 25.3 Å². The molecule has 0 aromatic carbocycles. The van der Waals surface area contributed by atoms with Crippen molar-refractivity contribution < 1.29 is 0 Å². The van der Waals surface area contributed by atoms with Crippen molar-refractivity contribution in [3.8, 4) is 0 Å². The van der Waals surface area contributed by atoms with Crippen molar-refractivity contribution in [1.29, 1.82) is 0 Å². The molecular formula is C12H20ClN3. The summed E-state index contributed by atoms with van der Waals surface area (Å²) in [5, 5.41) is 3.81. The van der Waals surface area contributed by atoms with Gasteiger partial charge in [-0.1, -0.05) is 11.6 Å². The van der Waals surface area contributed by atoms with Crippen LogP contribution in [0.3, 0.4) is 0 Å². The van der Waals surface area contributed by atoms with E-state index in [0.29, 0.717) is 6.04 Å². The molecule has 0 amide bonds. The second kappa shape index (κ2) is 6.06. The van der Waals surface area contributed by atoms with Gasteiger partial charge in [0.05, 0.1) is 5.02 Å². The van der Waals surface area contributed by atoms with Gasteiger partial charge in [-0.15, -0.1) is 0 Å². The van der Waals surface area contributed by atoms with Crippen LogP contribution in [-0.2, 0) is 6.54 Å². The molecule has 1 aromatic rings. The molecule has 90 valence electrons. The molecule has 1 aromatic heterocycles. The lowest BCUT2D eigenvalue weighted by molar-refractivity contribution is 0.692. The Balaban J connectivity index is 2.97. The number of halogens is 1. The van der Waals surface area contributed by atoms with Crippen LogP contribution in [0.2, 0.25) is 5.02 Å². The Kier molecular flexibility index (Phi) is 5.03. The number of anilines is 1. The Morgan fingerprint density at radius 3 is 2.62 bits per heavy atom. The van der Waals surface area contributed by atoms with Gasteiger partial charge in [0.25, 0.3) is 0 Å². The Bertz CT molecular complexity index is 339. The van der Waals surface area contributed by atoms with Crippen molar-refractivity contribution >= 4 is 17.4 Å². The lowest BCUT2D eigenvalue weighted by Gasteiger charge is -2.27. The van der Waals surface area contributed by atoms with E-state index in [4.69, 9.17) is 11.6 Å². The Morgan fingerprint density at radius 1 is 1.50 bits per heavy atom. The summed E-state index contributed by atoms with van der Waals surface area (Å²) >= 11 is 6.25. The standard InChI is InChI=1S/C12H20ClN3/c1-5-16(9(2)3)12-11(13)6-10(7-14-4)8-15-12/h6,8-9,14H,5,7H2,1-4H3. The molecule has 0 atom stereocenters. The Labute approximate surface area is 103 Å². The maximum absolute atomic E-state index is 6.25. The highest BCUT2D eigenvalue weighted by Gasteiger charge is 2.13. The van der Waals surface area contributed by atoms with E-state index in [1.54, 1.807) is 0 Å². The van der Waals surface area contributed by atoms with Crippen molar-refractivity contribution in [2.45, 2.75) is 33.4 Å². The van der Waals surface area contributed by atoms with Crippen LogP contribution in [0.5, 0.6) is 0 Å². The number of pyridine rings is 1. The molecule has 0 saturated heterocycles. The van der Waals surface area contributed by atoms with Crippen LogP contribution >= 0.6 is 11.6 Å². The van der Waals surface area contributed by atoms with Crippen LogP contribution in [-0.4, -0.2) is 24.6 Å².